The standard InChI is InChI=1S/C17H19N7O2/c1-12-7-15(22-26-12)16(25)23-9-13(8-20-17-18-4-2-5-19-17)10-24-14(11-23)3-6-21-24/h2-7,13H,8-11H2,1H3,(H,18,19,20)/t13-/m1/s1. The van der Waals surface area contributed by atoms with Gasteiger partial charge in [0, 0.05) is 50.2 Å². The summed E-state index contributed by atoms with van der Waals surface area (Å²) in [6.07, 6.45) is 5.14. The summed E-state index contributed by atoms with van der Waals surface area (Å²) in [7, 11) is 0. The van der Waals surface area contributed by atoms with Gasteiger partial charge in [-0.1, -0.05) is 5.16 Å². The van der Waals surface area contributed by atoms with Crippen molar-refractivity contribution in [2.45, 2.75) is 20.0 Å². The number of nitrogens with one attached hydrogen (secondary N) is 1. The second-order valence-electron chi connectivity index (χ2n) is 6.33. The van der Waals surface area contributed by atoms with Crippen molar-refractivity contribution in [2.75, 3.05) is 18.4 Å². The molecule has 9 heteroatoms. The monoisotopic (exact) mass is 353 g/mol. The molecule has 0 aromatic carbocycles. The lowest BCUT2D eigenvalue weighted by Crippen LogP contribution is -2.36. The zero-order chi connectivity index (χ0) is 17.9. The van der Waals surface area contributed by atoms with Gasteiger partial charge >= 0.3 is 0 Å². The number of amides is 1. The second-order valence-corrected chi connectivity index (χ2v) is 6.33. The van der Waals surface area contributed by atoms with E-state index in [1.165, 1.54) is 0 Å². The van der Waals surface area contributed by atoms with Crippen molar-refractivity contribution in [3.05, 3.63) is 53.9 Å². The molecule has 1 N–H and O–H groups in total. The normalized spacial score (nSPS) is 16.8. The third-order valence-corrected chi connectivity index (χ3v) is 4.32. The minimum absolute atomic E-state index is 0.141. The van der Waals surface area contributed by atoms with E-state index in [0.717, 1.165) is 5.69 Å². The molecule has 1 aliphatic heterocycles. The average molecular weight is 353 g/mol. The van der Waals surface area contributed by atoms with Gasteiger partial charge in [-0.3, -0.25) is 9.48 Å². The van der Waals surface area contributed by atoms with Gasteiger partial charge in [0.05, 0.1) is 12.2 Å². The third kappa shape index (κ3) is 3.41. The van der Waals surface area contributed by atoms with Gasteiger partial charge < -0.3 is 14.7 Å². The van der Waals surface area contributed by atoms with Crippen LogP contribution in [-0.4, -0.2) is 48.8 Å². The van der Waals surface area contributed by atoms with Crippen molar-refractivity contribution in [1.29, 1.82) is 0 Å². The topological polar surface area (TPSA) is 102 Å². The Bertz CT molecular complexity index is 889. The fraction of sp³-hybridized carbons (Fsp3) is 0.353. The van der Waals surface area contributed by atoms with Gasteiger partial charge in [-0.15, -0.1) is 0 Å². The van der Waals surface area contributed by atoms with Crippen LogP contribution in [0.4, 0.5) is 5.95 Å². The van der Waals surface area contributed by atoms with Crippen molar-refractivity contribution < 1.29 is 9.32 Å². The summed E-state index contributed by atoms with van der Waals surface area (Å²) in [4.78, 5) is 23.0. The van der Waals surface area contributed by atoms with E-state index in [9.17, 15) is 4.79 Å². The molecule has 1 amide bonds. The van der Waals surface area contributed by atoms with E-state index >= 15 is 0 Å². The molecule has 3 aromatic heterocycles. The van der Waals surface area contributed by atoms with Crippen LogP contribution in [0.25, 0.3) is 0 Å². The predicted octanol–water partition coefficient (Wildman–Crippen LogP) is 1.35. The molecule has 0 aliphatic carbocycles. The van der Waals surface area contributed by atoms with Gasteiger partial charge in [-0.2, -0.15) is 5.10 Å². The van der Waals surface area contributed by atoms with Crippen LogP contribution in [0.3, 0.4) is 0 Å². The Morgan fingerprint density at radius 3 is 2.92 bits per heavy atom. The summed E-state index contributed by atoms with van der Waals surface area (Å²) < 4.78 is 6.99. The molecule has 26 heavy (non-hydrogen) atoms. The zero-order valence-corrected chi connectivity index (χ0v) is 14.4. The number of rotatable bonds is 4. The number of fused-ring (bicyclic) bond motifs is 1. The summed E-state index contributed by atoms with van der Waals surface area (Å²) in [6, 6.07) is 5.37. The third-order valence-electron chi connectivity index (χ3n) is 4.32. The Kier molecular flexibility index (Phi) is 4.34. The first kappa shape index (κ1) is 16.2. The average Bonchev–Trinajstić information content (AvgIpc) is 3.24. The van der Waals surface area contributed by atoms with Gasteiger partial charge in [-0.25, -0.2) is 9.97 Å². The number of aryl methyl sites for hydroxylation is 1. The number of anilines is 1. The van der Waals surface area contributed by atoms with Gasteiger partial charge in [-0.05, 0) is 19.1 Å². The van der Waals surface area contributed by atoms with Gasteiger partial charge in [0.15, 0.2) is 5.69 Å². The van der Waals surface area contributed by atoms with Crippen LogP contribution in [0.1, 0.15) is 21.9 Å². The SMILES string of the molecule is Cc1cc(C(=O)N2Cc3ccnn3C[C@H](CNc3ncccn3)C2)no1. The van der Waals surface area contributed by atoms with Gasteiger partial charge in [0.25, 0.3) is 5.91 Å². The fourth-order valence-electron chi connectivity index (χ4n) is 3.07. The molecule has 0 unspecified atom stereocenters. The number of hydrogen-bond donors (Lipinski definition) is 1. The summed E-state index contributed by atoms with van der Waals surface area (Å²) in [5.74, 6) is 1.20. The second kappa shape index (κ2) is 6.95. The number of hydrogen-bond acceptors (Lipinski definition) is 7. The van der Waals surface area contributed by atoms with Crippen molar-refractivity contribution in [2.24, 2.45) is 5.92 Å². The van der Waals surface area contributed by atoms with Crippen LogP contribution >= 0.6 is 0 Å². The maximum absolute atomic E-state index is 12.8. The highest BCUT2D eigenvalue weighted by Crippen LogP contribution is 2.18. The smallest absolute Gasteiger partial charge is 0.276 e. The lowest BCUT2D eigenvalue weighted by Gasteiger charge is -2.23. The highest BCUT2D eigenvalue weighted by molar-refractivity contribution is 5.92. The maximum atomic E-state index is 12.8. The molecule has 0 saturated carbocycles. The van der Waals surface area contributed by atoms with E-state index in [4.69, 9.17) is 4.52 Å². The number of nitrogens with zero attached hydrogens (tertiary/aromatic N) is 6. The number of carbonyl (C=O) groups is 1. The molecular formula is C17H19N7O2. The Labute approximate surface area is 150 Å². The lowest BCUT2D eigenvalue weighted by atomic mass is 10.1. The molecule has 0 saturated heterocycles. The molecule has 0 bridgehead atoms. The summed E-state index contributed by atoms with van der Waals surface area (Å²) in [5.41, 5.74) is 1.32. The molecule has 3 aromatic rings. The molecule has 0 radical (unpaired) electrons. The van der Waals surface area contributed by atoms with Crippen LogP contribution in [0, 0.1) is 12.8 Å². The fourth-order valence-corrected chi connectivity index (χ4v) is 3.07. The van der Waals surface area contributed by atoms with E-state index in [2.05, 4.69) is 25.5 Å². The Balaban J connectivity index is 1.52. The van der Waals surface area contributed by atoms with Crippen LogP contribution in [0.5, 0.6) is 0 Å². The Morgan fingerprint density at radius 1 is 1.31 bits per heavy atom. The first-order chi connectivity index (χ1) is 12.7. The van der Waals surface area contributed by atoms with E-state index in [1.54, 1.807) is 42.5 Å². The molecule has 1 aliphatic rings. The van der Waals surface area contributed by atoms with Crippen molar-refractivity contribution in [3.8, 4) is 0 Å². The summed E-state index contributed by atoms with van der Waals surface area (Å²) >= 11 is 0. The van der Waals surface area contributed by atoms with Gasteiger partial charge in [0.1, 0.15) is 5.76 Å². The van der Waals surface area contributed by atoms with Crippen molar-refractivity contribution >= 4 is 11.9 Å². The first-order valence-corrected chi connectivity index (χ1v) is 8.43. The van der Waals surface area contributed by atoms with E-state index in [1.807, 2.05) is 10.7 Å². The van der Waals surface area contributed by atoms with Crippen molar-refractivity contribution in [3.63, 3.8) is 0 Å². The maximum Gasteiger partial charge on any atom is 0.276 e. The zero-order valence-electron chi connectivity index (χ0n) is 14.4. The quantitative estimate of drug-likeness (QED) is 0.755. The number of carbonyl (C=O) groups excluding carboxylic acids is 1. The number of aromatic nitrogens is 5. The van der Waals surface area contributed by atoms with Crippen LogP contribution in [0.15, 0.2) is 41.3 Å². The molecule has 0 spiro atoms. The molecule has 0 fully saturated rings. The molecule has 4 rings (SSSR count). The lowest BCUT2D eigenvalue weighted by molar-refractivity contribution is 0.0713. The van der Waals surface area contributed by atoms with E-state index < -0.39 is 0 Å². The summed E-state index contributed by atoms with van der Waals surface area (Å²) in [6.45, 7) is 4.18. The Hall–Kier alpha value is -3.23. The first-order valence-electron chi connectivity index (χ1n) is 8.43. The minimum atomic E-state index is -0.141. The highest BCUT2D eigenvalue weighted by Gasteiger charge is 2.27. The highest BCUT2D eigenvalue weighted by atomic mass is 16.5. The molecule has 4 heterocycles. The van der Waals surface area contributed by atoms with E-state index in [0.29, 0.717) is 43.6 Å². The molecular weight excluding hydrogens is 334 g/mol. The van der Waals surface area contributed by atoms with Crippen molar-refractivity contribution in [1.82, 2.24) is 29.8 Å². The molecule has 1 atom stereocenters. The van der Waals surface area contributed by atoms with Crippen LogP contribution in [0.2, 0.25) is 0 Å². The minimum Gasteiger partial charge on any atom is -0.361 e. The van der Waals surface area contributed by atoms with Crippen LogP contribution < -0.4 is 5.32 Å². The Morgan fingerprint density at radius 2 is 2.15 bits per heavy atom. The van der Waals surface area contributed by atoms with Gasteiger partial charge in [0.2, 0.25) is 5.95 Å². The molecule has 134 valence electrons. The largest absolute Gasteiger partial charge is 0.361 e. The molecule has 9 nitrogen and oxygen atoms in total. The van der Waals surface area contributed by atoms with E-state index in [-0.39, 0.29) is 11.8 Å². The summed E-state index contributed by atoms with van der Waals surface area (Å²) in [5, 5.41) is 11.5. The van der Waals surface area contributed by atoms with Crippen LogP contribution in [-0.2, 0) is 13.1 Å². The predicted molar refractivity (Wildman–Crippen MR) is 92.2 cm³/mol.